The molecule has 80 valence electrons. The van der Waals surface area contributed by atoms with Crippen LogP contribution in [0.4, 0.5) is 5.82 Å². The first-order chi connectivity index (χ1) is 7.81. The number of hydrogen-bond acceptors (Lipinski definition) is 5. The second kappa shape index (κ2) is 4.64. The molecule has 0 aliphatic rings. The molecule has 0 aliphatic carbocycles. The van der Waals surface area contributed by atoms with Gasteiger partial charge >= 0.3 is 0 Å². The summed E-state index contributed by atoms with van der Waals surface area (Å²) >= 11 is 5.96. The summed E-state index contributed by atoms with van der Waals surface area (Å²) in [6.07, 6.45) is 3.01. The molecular weight excluding hydrogens is 228 g/mol. The van der Waals surface area contributed by atoms with Crippen molar-refractivity contribution < 1.29 is 4.52 Å². The fourth-order valence-electron chi connectivity index (χ4n) is 1.16. The van der Waals surface area contributed by atoms with Gasteiger partial charge in [0.05, 0.1) is 12.1 Å². The lowest BCUT2D eigenvalue weighted by Gasteiger charge is -2.05. The van der Waals surface area contributed by atoms with E-state index in [4.69, 9.17) is 16.9 Å². The highest BCUT2D eigenvalue weighted by atomic mass is 35.5. The van der Waals surface area contributed by atoms with Gasteiger partial charge in [-0.25, -0.2) is 4.98 Å². The average molecular weight is 235 g/mol. The molecule has 0 bridgehead atoms. The molecular formula is C10H7ClN4O. The van der Waals surface area contributed by atoms with E-state index in [9.17, 15) is 0 Å². The number of anilines is 1. The zero-order valence-electron chi connectivity index (χ0n) is 8.14. The SMILES string of the molecule is N#Cc1ccnc(NCc2ccon2)c1Cl. The highest BCUT2D eigenvalue weighted by Gasteiger charge is 2.07. The number of aromatic nitrogens is 2. The van der Waals surface area contributed by atoms with E-state index in [1.807, 2.05) is 6.07 Å². The number of halogens is 1. The summed E-state index contributed by atoms with van der Waals surface area (Å²) in [5.74, 6) is 0.462. The van der Waals surface area contributed by atoms with Gasteiger partial charge in [0, 0.05) is 12.3 Å². The minimum absolute atomic E-state index is 0.313. The smallest absolute Gasteiger partial charge is 0.146 e. The molecule has 0 saturated carbocycles. The Labute approximate surface area is 96.6 Å². The van der Waals surface area contributed by atoms with Crippen LogP contribution in [0.15, 0.2) is 29.1 Å². The molecule has 0 aliphatic heterocycles. The average Bonchev–Trinajstić information content (AvgIpc) is 2.81. The Morgan fingerprint density at radius 1 is 1.50 bits per heavy atom. The van der Waals surface area contributed by atoms with Crippen LogP contribution in [0.2, 0.25) is 5.02 Å². The van der Waals surface area contributed by atoms with Crippen molar-refractivity contribution in [2.45, 2.75) is 6.54 Å². The topological polar surface area (TPSA) is 74.7 Å². The summed E-state index contributed by atoms with van der Waals surface area (Å²) in [7, 11) is 0. The van der Waals surface area contributed by atoms with E-state index in [-0.39, 0.29) is 0 Å². The lowest BCUT2D eigenvalue weighted by Crippen LogP contribution is -2.02. The third-order valence-corrected chi connectivity index (χ3v) is 2.32. The lowest BCUT2D eigenvalue weighted by molar-refractivity contribution is 0.412. The van der Waals surface area contributed by atoms with Crippen molar-refractivity contribution in [2.75, 3.05) is 5.32 Å². The third-order valence-electron chi connectivity index (χ3n) is 1.94. The molecule has 2 rings (SSSR count). The molecule has 2 aromatic rings. The maximum Gasteiger partial charge on any atom is 0.146 e. The van der Waals surface area contributed by atoms with E-state index in [1.165, 1.54) is 12.5 Å². The summed E-state index contributed by atoms with van der Waals surface area (Å²) in [4.78, 5) is 4.03. The molecule has 0 spiro atoms. The van der Waals surface area contributed by atoms with Gasteiger partial charge in [-0.15, -0.1) is 0 Å². The predicted molar refractivity (Wildman–Crippen MR) is 57.8 cm³/mol. The van der Waals surface area contributed by atoms with Crippen LogP contribution in [0.1, 0.15) is 11.3 Å². The van der Waals surface area contributed by atoms with Gasteiger partial charge < -0.3 is 9.84 Å². The van der Waals surface area contributed by atoms with Gasteiger partial charge in [-0.3, -0.25) is 0 Å². The normalized spacial score (nSPS) is 9.75. The predicted octanol–water partition coefficient (Wildman–Crippen LogP) is 2.21. The quantitative estimate of drug-likeness (QED) is 0.881. The van der Waals surface area contributed by atoms with E-state index in [0.717, 1.165) is 5.69 Å². The molecule has 1 N–H and O–H groups in total. The fraction of sp³-hybridized carbons (Fsp3) is 0.100. The van der Waals surface area contributed by atoms with Crippen LogP contribution in [0, 0.1) is 11.3 Å². The molecule has 0 radical (unpaired) electrons. The monoisotopic (exact) mass is 234 g/mol. The van der Waals surface area contributed by atoms with Crippen molar-refractivity contribution in [3.8, 4) is 6.07 Å². The summed E-state index contributed by atoms with van der Waals surface area (Å²) in [6.45, 7) is 0.443. The van der Waals surface area contributed by atoms with E-state index in [0.29, 0.717) is 22.9 Å². The van der Waals surface area contributed by atoms with Crippen molar-refractivity contribution in [3.05, 3.63) is 40.9 Å². The van der Waals surface area contributed by atoms with Gasteiger partial charge in [0.15, 0.2) is 0 Å². The standard InChI is InChI=1S/C10H7ClN4O/c11-9-7(5-12)1-3-13-10(9)14-6-8-2-4-16-15-8/h1-4H,6H2,(H,13,14). The van der Waals surface area contributed by atoms with Gasteiger partial charge in [-0.05, 0) is 6.07 Å². The Morgan fingerprint density at radius 2 is 2.38 bits per heavy atom. The van der Waals surface area contributed by atoms with Crippen molar-refractivity contribution in [2.24, 2.45) is 0 Å². The third kappa shape index (κ3) is 2.12. The molecule has 0 atom stereocenters. The van der Waals surface area contributed by atoms with Crippen LogP contribution >= 0.6 is 11.6 Å². The van der Waals surface area contributed by atoms with E-state index >= 15 is 0 Å². The summed E-state index contributed by atoms with van der Waals surface area (Å²) in [5.41, 5.74) is 1.12. The minimum atomic E-state index is 0.313. The van der Waals surface area contributed by atoms with Crippen LogP contribution in [-0.4, -0.2) is 10.1 Å². The van der Waals surface area contributed by atoms with Crippen LogP contribution in [0.25, 0.3) is 0 Å². The largest absolute Gasteiger partial charge is 0.364 e. The second-order valence-electron chi connectivity index (χ2n) is 2.98. The van der Waals surface area contributed by atoms with E-state index in [1.54, 1.807) is 12.1 Å². The number of nitrogens with zero attached hydrogens (tertiary/aromatic N) is 3. The first kappa shape index (κ1) is 10.5. The Morgan fingerprint density at radius 3 is 3.06 bits per heavy atom. The molecule has 2 aromatic heterocycles. The number of hydrogen-bond donors (Lipinski definition) is 1. The Balaban J connectivity index is 2.13. The Kier molecular flexibility index (Phi) is 3.03. The molecule has 0 aromatic carbocycles. The maximum absolute atomic E-state index is 8.78. The number of pyridine rings is 1. The first-order valence-electron chi connectivity index (χ1n) is 4.49. The molecule has 5 nitrogen and oxygen atoms in total. The molecule has 0 unspecified atom stereocenters. The Hall–Kier alpha value is -2.06. The summed E-state index contributed by atoms with van der Waals surface area (Å²) in [6, 6.07) is 5.27. The first-order valence-corrected chi connectivity index (χ1v) is 4.87. The van der Waals surface area contributed by atoms with Crippen molar-refractivity contribution >= 4 is 17.4 Å². The second-order valence-corrected chi connectivity index (χ2v) is 3.36. The molecule has 0 amide bonds. The number of rotatable bonds is 3. The molecule has 6 heteroatoms. The summed E-state index contributed by atoms with van der Waals surface area (Å²) in [5, 5.41) is 15.8. The number of nitriles is 1. The molecule has 0 saturated heterocycles. The zero-order chi connectivity index (χ0) is 11.4. The van der Waals surface area contributed by atoms with Crippen LogP contribution < -0.4 is 5.32 Å². The van der Waals surface area contributed by atoms with Gasteiger partial charge in [0.25, 0.3) is 0 Å². The molecule has 2 heterocycles. The summed E-state index contributed by atoms with van der Waals surface area (Å²) < 4.78 is 4.68. The highest BCUT2D eigenvalue weighted by molar-refractivity contribution is 6.34. The van der Waals surface area contributed by atoms with Crippen LogP contribution in [-0.2, 0) is 6.54 Å². The van der Waals surface area contributed by atoms with Crippen molar-refractivity contribution in [3.63, 3.8) is 0 Å². The van der Waals surface area contributed by atoms with E-state index < -0.39 is 0 Å². The minimum Gasteiger partial charge on any atom is -0.364 e. The van der Waals surface area contributed by atoms with Gasteiger partial charge in [0.1, 0.15) is 28.9 Å². The molecule has 16 heavy (non-hydrogen) atoms. The lowest BCUT2D eigenvalue weighted by atomic mass is 10.3. The van der Waals surface area contributed by atoms with Gasteiger partial charge in [0.2, 0.25) is 0 Å². The zero-order valence-corrected chi connectivity index (χ0v) is 8.90. The fourth-order valence-corrected chi connectivity index (χ4v) is 1.38. The van der Waals surface area contributed by atoms with Crippen LogP contribution in [0.3, 0.4) is 0 Å². The Bertz CT molecular complexity index is 518. The molecule has 0 fully saturated rings. The number of nitrogens with one attached hydrogen (secondary N) is 1. The van der Waals surface area contributed by atoms with E-state index in [2.05, 4.69) is 20.0 Å². The van der Waals surface area contributed by atoms with Crippen LogP contribution in [0.5, 0.6) is 0 Å². The van der Waals surface area contributed by atoms with Crippen molar-refractivity contribution in [1.82, 2.24) is 10.1 Å². The van der Waals surface area contributed by atoms with Gasteiger partial charge in [-0.1, -0.05) is 16.8 Å². The van der Waals surface area contributed by atoms with Crippen molar-refractivity contribution in [1.29, 1.82) is 5.26 Å². The highest BCUT2D eigenvalue weighted by Crippen LogP contribution is 2.22. The maximum atomic E-state index is 8.78. The van der Waals surface area contributed by atoms with Gasteiger partial charge in [-0.2, -0.15) is 5.26 Å².